The number of rotatable bonds is 5. The summed E-state index contributed by atoms with van der Waals surface area (Å²) in [5, 5.41) is 4.91. The van der Waals surface area contributed by atoms with Crippen LogP contribution in [0.4, 0.5) is 4.79 Å². The molecule has 0 fully saturated rings. The number of hydrogen-bond acceptors (Lipinski definition) is 2. The van der Waals surface area contributed by atoms with Crippen molar-refractivity contribution in [2.24, 2.45) is 10.8 Å². The van der Waals surface area contributed by atoms with Crippen LogP contribution in [0.1, 0.15) is 5.56 Å². The van der Waals surface area contributed by atoms with Crippen molar-refractivity contribution >= 4 is 31.2 Å². The van der Waals surface area contributed by atoms with E-state index < -0.39 is 6.03 Å². The molecule has 3 N–H and O–H groups in total. The maximum atomic E-state index is 10.8. The molecular weight excluding hydrogens is 317 g/mol. The summed E-state index contributed by atoms with van der Waals surface area (Å²) in [6.45, 7) is 0. The number of hydrogen-bond donors (Lipinski definition) is 2. The van der Waals surface area contributed by atoms with E-state index in [4.69, 9.17) is 5.73 Å². The predicted octanol–water partition coefficient (Wildman–Crippen LogP) is 1.51. The monoisotopic (exact) mass is 333 g/mol. The molecule has 2 rings (SSSR count). The first-order chi connectivity index (χ1) is 9.75. The van der Waals surface area contributed by atoms with E-state index in [-0.39, 0.29) is 15.0 Å². The van der Waals surface area contributed by atoms with Crippen molar-refractivity contribution in [1.29, 1.82) is 0 Å². The van der Waals surface area contributed by atoms with Crippen LogP contribution in [-0.2, 0) is 0 Å². The summed E-state index contributed by atoms with van der Waals surface area (Å²) < 4.78 is 1.29. The van der Waals surface area contributed by atoms with Gasteiger partial charge in [-0.2, -0.15) is 0 Å². The van der Waals surface area contributed by atoms with E-state index in [9.17, 15) is 4.79 Å². The van der Waals surface area contributed by atoms with E-state index >= 15 is 0 Å². The first-order valence-electron chi connectivity index (χ1n) is 6.11. The third-order valence-electron chi connectivity index (χ3n) is 2.53. The van der Waals surface area contributed by atoms with E-state index in [0.29, 0.717) is 0 Å². The second kappa shape index (κ2) is 7.48. The van der Waals surface area contributed by atoms with E-state index in [2.05, 4.69) is 22.7 Å². The average molecular weight is 332 g/mol. The maximum absolute atomic E-state index is 10.8. The molecule has 0 aromatic heterocycles. The average Bonchev–Trinajstić information content (AvgIpc) is 2.49. The number of benzene rings is 2. The van der Waals surface area contributed by atoms with Gasteiger partial charge >= 0.3 is 124 Å². The number of carbonyl (C=O) groups is 1. The molecule has 0 radical (unpaired) electrons. The third kappa shape index (κ3) is 4.53. The summed E-state index contributed by atoms with van der Waals surface area (Å²) in [5.74, 6) is 0. The summed E-state index contributed by atoms with van der Waals surface area (Å²) >= 11 is 0.259. The number of hydrazone groups is 1. The van der Waals surface area contributed by atoms with Gasteiger partial charge < -0.3 is 0 Å². The molecular formula is C15H15N3OSe. The molecule has 2 aromatic carbocycles. The number of nitrogens with zero attached hydrogens (tertiary/aromatic N) is 1. The number of carbonyl (C=O) groups excluding carboxylic acids is 1. The fourth-order valence-electron chi connectivity index (χ4n) is 1.60. The van der Waals surface area contributed by atoms with E-state index in [0.717, 1.165) is 16.6 Å². The molecule has 0 aliphatic heterocycles. The zero-order valence-electron chi connectivity index (χ0n) is 10.8. The Morgan fingerprint density at radius 2 is 1.65 bits per heavy atom. The van der Waals surface area contributed by atoms with Crippen molar-refractivity contribution in [3.8, 4) is 0 Å². The van der Waals surface area contributed by atoms with Gasteiger partial charge in [0.2, 0.25) is 0 Å². The van der Waals surface area contributed by atoms with Gasteiger partial charge in [-0.3, -0.25) is 0 Å². The number of urea groups is 1. The fourth-order valence-corrected chi connectivity index (χ4v) is 3.46. The van der Waals surface area contributed by atoms with Crippen LogP contribution >= 0.6 is 0 Å². The van der Waals surface area contributed by atoms with Crippen molar-refractivity contribution in [3.63, 3.8) is 0 Å². The predicted molar refractivity (Wildman–Crippen MR) is 82.3 cm³/mol. The second-order valence-corrected chi connectivity index (χ2v) is 6.20. The Morgan fingerprint density at radius 3 is 2.25 bits per heavy atom. The SMILES string of the molecule is NC(=O)N/N=C(/C[Se]c1ccccc1)c1ccccc1. The number of nitrogens with one attached hydrogen (secondary N) is 1. The summed E-state index contributed by atoms with van der Waals surface area (Å²) in [6.07, 6.45) is 0. The molecule has 0 atom stereocenters. The molecule has 0 spiro atoms. The van der Waals surface area contributed by atoms with Crippen LogP contribution in [0, 0.1) is 0 Å². The van der Waals surface area contributed by atoms with Crippen LogP contribution in [0.5, 0.6) is 0 Å². The van der Waals surface area contributed by atoms with Gasteiger partial charge in [-0.1, -0.05) is 0 Å². The van der Waals surface area contributed by atoms with E-state index in [1.807, 2.05) is 48.5 Å². The molecule has 0 heterocycles. The van der Waals surface area contributed by atoms with Crippen molar-refractivity contribution in [1.82, 2.24) is 5.43 Å². The zero-order chi connectivity index (χ0) is 14.2. The van der Waals surface area contributed by atoms with Crippen LogP contribution in [0.25, 0.3) is 0 Å². The van der Waals surface area contributed by atoms with Crippen LogP contribution in [0.15, 0.2) is 65.8 Å². The van der Waals surface area contributed by atoms with Crippen LogP contribution in [-0.4, -0.2) is 26.7 Å². The van der Waals surface area contributed by atoms with Gasteiger partial charge in [-0.15, -0.1) is 0 Å². The molecule has 0 unspecified atom stereocenters. The van der Waals surface area contributed by atoms with Crippen LogP contribution in [0.3, 0.4) is 0 Å². The number of amides is 2. The third-order valence-corrected chi connectivity index (χ3v) is 4.67. The number of primary amides is 1. The molecule has 0 bridgehead atoms. The molecule has 0 aliphatic rings. The summed E-state index contributed by atoms with van der Waals surface area (Å²) in [5.41, 5.74) is 9.23. The Hall–Kier alpha value is -2.10. The fraction of sp³-hybridized carbons (Fsp3) is 0.0667. The summed E-state index contributed by atoms with van der Waals surface area (Å²) in [4.78, 5) is 10.8. The topological polar surface area (TPSA) is 67.5 Å². The molecule has 4 nitrogen and oxygen atoms in total. The minimum absolute atomic E-state index is 0.259. The molecule has 0 saturated carbocycles. The van der Waals surface area contributed by atoms with Crippen molar-refractivity contribution in [2.45, 2.75) is 5.32 Å². The Labute approximate surface area is 124 Å². The van der Waals surface area contributed by atoms with Gasteiger partial charge in [-0.05, 0) is 0 Å². The molecule has 20 heavy (non-hydrogen) atoms. The molecule has 0 aliphatic carbocycles. The van der Waals surface area contributed by atoms with Crippen molar-refractivity contribution in [3.05, 3.63) is 66.2 Å². The van der Waals surface area contributed by atoms with Crippen molar-refractivity contribution < 1.29 is 4.79 Å². The van der Waals surface area contributed by atoms with Crippen molar-refractivity contribution in [2.75, 3.05) is 0 Å². The molecule has 2 amide bonds. The normalized spacial score (nSPS) is 11.1. The van der Waals surface area contributed by atoms with Gasteiger partial charge in [0.15, 0.2) is 0 Å². The second-order valence-electron chi connectivity index (χ2n) is 4.00. The van der Waals surface area contributed by atoms with Crippen LogP contribution < -0.4 is 15.6 Å². The summed E-state index contributed by atoms with van der Waals surface area (Å²) in [6, 6.07) is 19.4. The van der Waals surface area contributed by atoms with E-state index in [1.165, 1.54) is 4.46 Å². The van der Waals surface area contributed by atoms with Gasteiger partial charge in [-0.25, -0.2) is 0 Å². The van der Waals surface area contributed by atoms with E-state index in [1.54, 1.807) is 0 Å². The van der Waals surface area contributed by atoms with Gasteiger partial charge in [0.05, 0.1) is 0 Å². The summed E-state index contributed by atoms with van der Waals surface area (Å²) in [7, 11) is 0. The first-order valence-corrected chi connectivity index (χ1v) is 8.18. The molecule has 5 heteroatoms. The Bertz CT molecular complexity index is 585. The standard InChI is InChI=1S/C15H15N3OSe/c16-15(19)18-17-14(12-7-3-1-4-8-12)11-20-13-9-5-2-6-10-13/h1-10H,11H2,(H3,16,18,19)/b17-14-. The zero-order valence-corrected chi connectivity index (χ0v) is 12.5. The van der Waals surface area contributed by atoms with Crippen LogP contribution in [0.2, 0.25) is 5.32 Å². The Kier molecular flexibility index (Phi) is 5.35. The van der Waals surface area contributed by atoms with Gasteiger partial charge in [0.25, 0.3) is 0 Å². The number of nitrogens with two attached hydrogens (primary N) is 1. The molecule has 0 saturated heterocycles. The first kappa shape index (κ1) is 14.3. The minimum atomic E-state index is -0.648. The van der Waals surface area contributed by atoms with Gasteiger partial charge in [0.1, 0.15) is 0 Å². The Morgan fingerprint density at radius 1 is 1.05 bits per heavy atom. The quantitative estimate of drug-likeness (QED) is 0.486. The van der Waals surface area contributed by atoms with Gasteiger partial charge in [0, 0.05) is 0 Å². The Balaban J connectivity index is 2.11. The molecule has 102 valence electrons. The molecule has 2 aromatic rings.